The van der Waals surface area contributed by atoms with Crippen LogP contribution in [0.3, 0.4) is 0 Å². The lowest BCUT2D eigenvalue weighted by Gasteiger charge is -2.34. The van der Waals surface area contributed by atoms with E-state index in [2.05, 4.69) is 78.2 Å². The fourth-order valence-electron chi connectivity index (χ4n) is 5.29. The van der Waals surface area contributed by atoms with Crippen molar-refractivity contribution in [1.29, 1.82) is 0 Å². The van der Waals surface area contributed by atoms with Gasteiger partial charge in [0.2, 0.25) is 0 Å². The van der Waals surface area contributed by atoms with E-state index in [0.29, 0.717) is 6.61 Å². The van der Waals surface area contributed by atoms with Crippen molar-refractivity contribution in [3.8, 4) is 5.69 Å². The number of piperidine rings is 1. The highest BCUT2D eigenvalue weighted by molar-refractivity contribution is 9.10. The topological polar surface area (TPSA) is 41.3 Å². The Balaban J connectivity index is 1.82. The summed E-state index contributed by atoms with van der Waals surface area (Å²) in [6.45, 7) is 13.4. The van der Waals surface area contributed by atoms with Crippen LogP contribution >= 0.6 is 15.9 Å². The summed E-state index contributed by atoms with van der Waals surface area (Å²) in [5.41, 5.74) is 9.79. The van der Waals surface area contributed by atoms with Gasteiger partial charge in [-0.3, -0.25) is 4.57 Å². The van der Waals surface area contributed by atoms with Crippen molar-refractivity contribution < 1.29 is 5.11 Å². The van der Waals surface area contributed by atoms with Crippen molar-refractivity contribution in [3.05, 3.63) is 50.8 Å². The van der Waals surface area contributed by atoms with Crippen LogP contribution in [0.25, 0.3) is 16.7 Å². The fourth-order valence-corrected chi connectivity index (χ4v) is 5.98. The molecule has 1 aromatic carbocycles. The maximum atomic E-state index is 9.16. The Morgan fingerprint density at radius 3 is 2.29 bits per heavy atom. The third kappa shape index (κ3) is 4.14. The van der Waals surface area contributed by atoms with Crippen LogP contribution in [-0.4, -0.2) is 34.4 Å². The zero-order chi connectivity index (χ0) is 22.3. The molecule has 31 heavy (non-hydrogen) atoms. The number of rotatable bonds is 5. The number of benzene rings is 1. The first-order valence-electron chi connectivity index (χ1n) is 11.4. The molecular weight excluding hydrogens is 450 g/mol. The van der Waals surface area contributed by atoms with Crippen LogP contribution in [0.4, 0.5) is 5.69 Å². The minimum absolute atomic E-state index is 0.311. The quantitative estimate of drug-likeness (QED) is 0.461. The minimum atomic E-state index is 0.311. The molecule has 1 aliphatic heterocycles. The molecule has 0 amide bonds. The summed E-state index contributed by atoms with van der Waals surface area (Å²) in [5, 5.41) is 10.5. The van der Waals surface area contributed by atoms with E-state index in [-0.39, 0.29) is 0 Å². The van der Waals surface area contributed by atoms with Gasteiger partial charge in [-0.25, -0.2) is 4.98 Å². The van der Waals surface area contributed by atoms with E-state index in [1.54, 1.807) is 0 Å². The van der Waals surface area contributed by atoms with Gasteiger partial charge in [-0.15, -0.1) is 0 Å². The Kier molecular flexibility index (Phi) is 6.45. The molecule has 166 valence electrons. The van der Waals surface area contributed by atoms with E-state index in [9.17, 15) is 0 Å². The zero-order valence-corrected chi connectivity index (χ0v) is 21.0. The molecule has 0 radical (unpaired) electrons. The van der Waals surface area contributed by atoms with Crippen molar-refractivity contribution >= 4 is 32.7 Å². The Morgan fingerprint density at radius 1 is 1.03 bits per heavy atom. The molecule has 0 saturated carbocycles. The summed E-state index contributed by atoms with van der Waals surface area (Å²) in [6, 6.07) is 6.65. The number of hydrogen-bond donors (Lipinski definition) is 1. The van der Waals surface area contributed by atoms with Crippen LogP contribution in [0.15, 0.2) is 22.7 Å². The Morgan fingerprint density at radius 2 is 1.68 bits per heavy atom. The van der Waals surface area contributed by atoms with E-state index >= 15 is 0 Å². The number of aliphatic hydroxyl groups is 1. The van der Waals surface area contributed by atoms with Gasteiger partial charge < -0.3 is 10.0 Å². The lowest BCUT2D eigenvalue weighted by molar-refractivity contribution is 0.261. The van der Waals surface area contributed by atoms with Crippen molar-refractivity contribution in [2.75, 3.05) is 24.6 Å². The van der Waals surface area contributed by atoms with Crippen LogP contribution in [0.2, 0.25) is 0 Å². The summed E-state index contributed by atoms with van der Waals surface area (Å²) in [5.74, 6) is 0.738. The van der Waals surface area contributed by atoms with Gasteiger partial charge in [0.05, 0.1) is 5.69 Å². The number of pyridine rings is 1. The normalized spacial score (nSPS) is 15.3. The van der Waals surface area contributed by atoms with E-state index < -0.39 is 0 Å². The van der Waals surface area contributed by atoms with Gasteiger partial charge in [0.1, 0.15) is 5.65 Å². The molecule has 1 aliphatic rings. The zero-order valence-electron chi connectivity index (χ0n) is 19.4. The minimum Gasteiger partial charge on any atom is -0.396 e. The van der Waals surface area contributed by atoms with Crippen LogP contribution in [0.5, 0.6) is 0 Å². The average Bonchev–Trinajstić information content (AvgIpc) is 2.96. The summed E-state index contributed by atoms with van der Waals surface area (Å²) in [6.07, 6.45) is 4.47. The maximum Gasteiger partial charge on any atom is 0.147 e. The molecule has 3 heterocycles. The van der Waals surface area contributed by atoms with Gasteiger partial charge in [-0.1, -0.05) is 15.9 Å². The van der Waals surface area contributed by atoms with Gasteiger partial charge in [0, 0.05) is 46.6 Å². The summed E-state index contributed by atoms with van der Waals surface area (Å²) in [4.78, 5) is 7.61. The number of nitrogens with zero attached hydrogens (tertiary/aromatic N) is 3. The smallest absolute Gasteiger partial charge is 0.147 e. The average molecular weight is 484 g/mol. The van der Waals surface area contributed by atoms with Crippen LogP contribution < -0.4 is 4.90 Å². The number of aliphatic hydroxyl groups excluding tert-OH is 1. The largest absolute Gasteiger partial charge is 0.396 e. The summed E-state index contributed by atoms with van der Waals surface area (Å²) >= 11 is 3.64. The molecule has 5 heteroatoms. The third-order valence-electron chi connectivity index (χ3n) is 6.98. The maximum absolute atomic E-state index is 9.16. The molecule has 0 unspecified atom stereocenters. The third-order valence-corrected chi connectivity index (χ3v) is 7.44. The monoisotopic (exact) mass is 483 g/mol. The van der Waals surface area contributed by atoms with E-state index in [0.717, 1.165) is 47.7 Å². The first kappa shape index (κ1) is 22.3. The molecule has 0 spiro atoms. The lowest BCUT2D eigenvalue weighted by atomic mass is 9.92. The first-order chi connectivity index (χ1) is 14.8. The second-order valence-corrected chi connectivity index (χ2v) is 10.1. The van der Waals surface area contributed by atoms with E-state index in [1.165, 1.54) is 52.0 Å². The van der Waals surface area contributed by atoms with Gasteiger partial charge >= 0.3 is 0 Å². The van der Waals surface area contributed by atoms with E-state index in [4.69, 9.17) is 10.1 Å². The number of fused-ring (bicyclic) bond motifs is 1. The molecule has 0 aliphatic carbocycles. The van der Waals surface area contributed by atoms with Crippen LogP contribution in [-0.2, 0) is 0 Å². The van der Waals surface area contributed by atoms with Gasteiger partial charge in [0.25, 0.3) is 0 Å². The lowest BCUT2D eigenvalue weighted by Crippen LogP contribution is -2.34. The highest BCUT2D eigenvalue weighted by Crippen LogP contribution is 2.38. The fraction of sp³-hybridized carbons (Fsp3) is 0.500. The molecule has 2 aromatic heterocycles. The predicted molar refractivity (Wildman–Crippen MR) is 134 cm³/mol. The molecule has 1 N–H and O–H groups in total. The summed E-state index contributed by atoms with van der Waals surface area (Å²) in [7, 11) is 0. The number of aryl methyl sites for hydroxylation is 4. The second-order valence-electron chi connectivity index (χ2n) is 9.21. The molecule has 1 saturated heterocycles. The number of anilines is 1. The molecular formula is C26H34BrN3O. The van der Waals surface area contributed by atoms with Gasteiger partial charge in [-0.2, -0.15) is 0 Å². The van der Waals surface area contributed by atoms with Gasteiger partial charge in [0.15, 0.2) is 0 Å². The molecule has 3 aromatic rings. The standard InChI is InChI=1S/C26H34BrN3O/c1-16-13-22(27)14-17(2)25(16)30-20(5)19(4)24-23(15-18(3)28-26(24)30)29-10-8-21(9-11-29)7-6-12-31/h13-15,21,31H,6-12H2,1-5H3. The molecule has 4 nitrogen and oxygen atoms in total. The number of aromatic nitrogens is 2. The molecule has 4 rings (SSSR count). The van der Waals surface area contributed by atoms with E-state index in [1.807, 2.05) is 0 Å². The predicted octanol–water partition coefficient (Wildman–Crippen LogP) is 6.32. The Bertz CT molecular complexity index is 1090. The van der Waals surface area contributed by atoms with Crippen molar-refractivity contribution in [2.24, 2.45) is 5.92 Å². The van der Waals surface area contributed by atoms with Gasteiger partial charge in [-0.05, 0) is 101 Å². The van der Waals surface area contributed by atoms with Crippen molar-refractivity contribution in [2.45, 2.75) is 60.3 Å². The Labute approximate surface area is 194 Å². The molecule has 1 fully saturated rings. The Hall–Kier alpha value is -1.85. The first-order valence-corrected chi connectivity index (χ1v) is 12.2. The second kappa shape index (κ2) is 8.95. The van der Waals surface area contributed by atoms with Crippen LogP contribution in [0, 0.1) is 40.5 Å². The molecule has 0 atom stereocenters. The SMILES string of the molecule is Cc1cc(N2CCC(CCCO)CC2)c2c(C)c(C)n(-c3c(C)cc(Br)cc3C)c2n1. The van der Waals surface area contributed by atoms with Crippen molar-refractivity contribution in [1.82, 2.24) is 9.55 Å². The number of hydrogen-bond acceptors (Lipinski definition) is 3. The summed E-state index contributed by atoms with van der Waals surface area (Å²) < 4.78 is 3.48. The highest BCUT2D eigenvalue weighted by atomic mass is 79.9. The number of halogens is 1. The van der Waals surface area contributed by atoms with Crippen molar-refractivity contribution in [3.63, 3.8) is 0 Å². The van der Waals surface area contributed by atoms with Crippen LogP contribution in [0.1, 0.15) is 53.8 Å². The highest BCUT2D eigenvalue weighted by Gasteiger charge is 2.25. The molecule has 0 bridgehead atoms.